The third-order valence-electron chi connectivity index (χ3n) is 3.28. The molecule has 8 heteroatoms. The molecule has 1 aromatic heterocycles. The molecule has 0 aliphatic heterocycles. The first-order chi connectivity index (χ1) is 11.3. The number of halogens is 2. The standard InChI is InChI=1S/C16H15F2NO5/c1-8-7-12(23-13(8)15(21)22)14(20)19-9(2)10-5-3-4-6-11(10)24-16(17)18/h3-7,9,16H,1-2H3,(H,19,20)(H,21,22). The summed E-state index contributed by atoms with van der Waals surface area (Å²) in [4.78, 5) is 23.1. The van der Waals surface area contributed by atoms with Crippen molar-refractivity contribution in [1.82, 2.24) is 5.32 Å². The van der Waals surface area contributed by atoms with E-state index >= 15 is 0 Å². The Morgan fingerprint density at radius 2 is 1.96 bits per heavy atom. The summed E-state index contributed by atoms with van der Waals surface area (Å²) in [5, 5.41) is 11.5. The molecule has 0 saturated carbocycles. The molecule has 128 valence electrons. The summed E-state index contributed by atoms with van der Waals surface area (Å²) in [6, 6.07) is 6.70. The zero-order valence-corrected chi connectivity index (χ0v) is 12.9. The van der Waals surface area contributed by atoms with Crippen molar-refractivity contribution in [3.8, 4) is 5.75 Å². The van der Waals surface area contributed by atoms with Crippen LogP contribution in [0.25, 0.3) is 0 Å². The largest absolute Gasteiger partial charge is 0.475 e. The minimum absolute atomic E-state index is 0.0536. The van der Waals surface area contributed by atoms with E-state index in [1.165, 1.54) is 25.1 Å². The van der Waals surface area contributed by atoms with Gasteiger partial charge in [-0.2, -0.15) is 8.78 Å². The molecule has 0 aliphatic rings. The fraction of sp³-hybridized carbons (Fsp3) is 0.250. The molecule has 0 bridgehead atoms. The number of aromatic carboxylic acids is 1. The Kier molecular flexibility index (Phi) is 5.18. The molecule has 0 saturated heterocycles. The molecule has 0 spiro atoms. The van der Waals surface area contributed by atoms with E-state index in [1.54, 1.807) is 19.1 Å². The number of furan rings is 1. The Balaban J connectivity index is 2.18. The number of alkyl halides is 2. The summed E-state index contributed by atoms with van der Waals surface area (Å²) in [6.45, 7) is 0.0955. The van der Waals surface area contributed by atoms with Crippen LogP contribution in [-0.4, -0.2) is 23.6 Å². The Morgan fingerprint density at radius 3 is 2.54 bits per heavy atom. The van der Waals surface area contributed by atoms with E-state index < -0.39 is 24.5 Å². The van der Waals surface area contributed by atoms with Gasteiger partial charge in [0.1, 0.15) is 5.75 Å². The Morgan fingerprint density at radius 1 is 1.29 bits per heavy atom. The molecule has 1 atom stereocenters. The molecular formula is C16H15F2NO5. The van der Waals surface area contributed by atoms with Gasteiger partial charge in [-0.05, 0) is 26.0 Å². The molecule has 2 N–H and O–H groups in total. The molecule has 0 fully saturated rings. The SMILES string of the molecule is Cc1cc(C(=O)NC(C)c2ccccc2OC(F)F)oc1C(=O)O. The second-order valence-electron chi connectivity index (χ2n) is 5.04. The average molecular weight is 339 g/mol. The van der Waals surface area contributed by atoms with Gasteiger partial charge in [0.2, 0.25) is 5.76 Å². The van der Waals surface area contributed by atoms with Crippen molar-refractivity contribution in [2.24, 2.45) is 0 Å². The maximum absolute atomic E-state index is 12.4. The number of benzene rings is 1. The zero-order valence-electron chi connectivity index (χ0n) is 12.9. The van der Waals surface area contributed by atoms with Gasteiger partial charge in [-0.3, -0.25) is 4.79 Å². The van der Waals surface area contributed by atoms with Gasteiger partial charge in [-0.25, -0.2) is 4.79 Å². The predicted molar refractivity (Wildman–Crippen MR) is 79.4 cm³/mol. The van der Waals surface area contributed by atoms with E-state index in [2.05, 4.69) is 10.1 Å². The van der Waals surface area contributed by atoms with E-state index in [0.717, 1.165) is 0 Å². The molecule has 1 amide bonds. The molecule has 1 unspecified atom stereocenters. The first-order valence-electron chi connectivity index (χ1n) is 6.98. The lowest BCUT2D eigenvalue weighted by Gasteiger charge is -2.17. The monoisotopic (exact) mass is 339 g/mol. The number of carboxylic acids is 1. The van der Waals surface area contributed by atoms with Gasteiger partial charge in [0.05, 0.1) is 6.04 Å². The fourth-order valence-corrected chi connectivity index (χ4v) is 2.19. The normalized spacial score (nSPS) is 12.0. The van der Waals surface area contributed by atoms with Gasteiger partial charge in [0.25, 0.3) is 5.91 Å². The zero-order chi connectivity index (χ0) is 17.9. The number of carbonyl (C=O) groups is 2. The van der Waals surface area contributed by atoms with Gasteiger partial charge in [0.15, 0.2) is 5.76 Å². The summed E-state index contributed by atoms with van der Waals surface area (Å²) in [5.74, 6) is -2.50. The van der Waals surface area contributed by atoms with Crippen molar-refractivity contribution >= 4 is 11.9 Å². The highest BCUT2D eigenvalue weighted by molar-refractivity contribution is 5.94. The number of nitrogens with one attached hydrogen (secondary N) is 1. The van der Waals surface area contributed by atoms with Gasteiger partial charge >= 0.3 is 12.6 Å². The number of rotatable bonds is 6. The first-order valence-corrected chi connectivity index (χ1v) is 6.98. The van der Waals surface area contributed by atoms with E-state index in [4.69, 9.17) is 9.52 Å². The smallest absolute Gasteiger partial charge is 0.387 e. The number of hydrogen-bond donors (Lipinski definition) is 2. The lowest BCUT2D eigenvalue weighted by molar-refractivity contribution is -0.0506. The second-order valence-corrected chi connectivity index (χ2v) is 5.04. The highest BCUT2D eigenvalue weighted by Gasteiger charge is 2.22. The lowest BCUT2D eigenvalue weighted by atomic mass is 10.1. The van der Waals surface area contributed by atoms with Crippen molar-refractivity contribution in [2.75, 3.05) is 0 Å². The summed E-state index contributed by atoms with van der Waals surface area (Å²) < 4.78 is 34.3. The van der Waals surface area contributed by atoms with Gasteiger partial charge < -0.3 is 19.6 Å². The fourth-order valence-electron chi connectivity index (χ4n) is 2.19. The van der Waals surface area contributed by atoms with E-state index in [-0.39, 0.29) is 17.3 Å². The first kappa shape index (κ1) is 17.5. The maximum atomic E-state index is 12.4. The minimum atomic E-state index is -2.99. The van der Waals surface area contributed by atoms with Crippen LogP contribution < -0.4 is 10.1 Å². The highest BCUT2D eigenvalue weighted by Crippen LogP contribution is 2.26. The Labute approximate surface area is 136 Å². The molecule has 0 radical (unpaired) electrons. The highest BCUT2D eigenvalue weighted by atomic mass is 19.3. The minimum Gasteiger partial charge on any atom is -0.475 e. The van der Waals surface area contributed by atoms with Gasteiger partial charge in [-0.1, -0.05) is 18.2 Å². The van der Waals surface area contributed by atoms with E-state index in [1.807, 2.05) is 0 Å². The second kappa shape index (κ2) is 7.12. The molecule has 1 aromatic carbocycles. The van der Waals surface area contributed by atoms with Crippen molar-refractivity contribution in [3.05, 3.63) is 53.0 Å². The van der Waals surface area contributed by atoms with E-state index in [9.17, 15) is 18.4 Å². The van der Waals surface area contributed by atoms with Crippen molar-refractivity contribution < 1.29 is 32.6 Å². The number of aryl methyl sites for hydroxylation is 1. The van der Waals surface area contributed by atoms with Gasteiger partial charge in [-0.15, -0.1) is 0 Å². The van der Waals surface area contributed by atoms with Gasteiger partial charge in [0, 0.05) is 11.1 Å². The number of hydrogen-bond acceptors (Lipinski definition) is 4. The summed E-state index contributed by atoms with van der Waals surface area (Å²) in [7, 11) is 0. The molecule has 2 rings (SSSR count). The van der Waals surface area contributed by atoms with Crippen LogP contribution in [0.3, 0.4) is 0 Å². The van der Waals surface area contributed by atoms with Crippen molar-refractivity contribution in [2.45, 2.75) is 26.5 Å². The Hall–Kier alpha value is -2.90. The van der Waals surface area contributed by atoms with Crippen LogP contribution in [0.2, 0.25) is 0 Å². The molecular weight excluding hydrogens is 324 g/mol. The Bertz CT molecular complexity index is 757. The average Bonchev–Trinajstić information content (AvgIpc) is 2.89. The maximum Gasteiger partial charge on any atom is 0.387 e. The van der Waals surface area contributed by atoms with Crippen LogP contribution in [0.4, 0.5) is 8.78 Å². The lowest BCUT2D eigenvalue weighted by Crippen LogP contribution is -2.26. The molecule has 1 heterocycles. The number of ether oxygens (including phenoxy) is 1. The number of amides is 1. The number of carbonyl (C=O) groups excluding carboxylic acids is 1. The van der Waals surface area contributed by atoms with Crippen LogP contribution in [0, 0.1) is 6.92 Å². The summed E-state index contributed by atoms with van der Waals surface area (Å²) in [6.07, 6.45) is 0. The van der Waals surface area contributed by atoms with Crippen LogP contribution >= 0.6 is 0 Å². The van der Waals surface area contributed by atoms with E-state index in [0.29, 0.717) is 11.1 Å². The topological polar surface area (TPSA) is 88.8 Å². The molecule has 24 heavy (non-hydrogen) atoms. The van der Waals surface area contributed by atoms with Crippen molar-refractivity contribution in [1.29, 1.82) is 0 Å². The van der Waals surface area contributed by atoms with Crippen molar-refractivity contribution in [3.63, 3.8) is 0 Å². The van der Waals surface area contributed by atoms with Crippen LogP contribution in [0.1, 0.15) is 45.2 Å². The number of carboxylic acid groups (broad SMARTS) is 1. The molecule has 2 aromatic rings. The molecule has 0 aliphatic carbocycles. The summed E-state index contributed by atoms with van der Waals surface area (Å²) in [5.41, 5.74) is 0.662. The number of para-hydroxylation sites is 1. The van der Waals surface area contributed by atoms with Crippen LogP contribution in [-0.2, 0) is 0 Å². The summed E-state index contributed by atoms with van der Waals surface area (Å²) >= 11 is 0. The third kappa shape index (κ3) is 3.89. The van der Waals surface area contributed by atoms with Crippen LogP contribution in [0.15, 0.2) is 34.7 Å². The predicted octanol–water partition coefficient (Wildman–Crippen LogP) is 3.38. The molecule has 6 nitrogen and oxygen atoms in total. The quantitative estimate of drug-likeness (QED) is 0.842. The third-order valence-corrected chi connectivity index (χ3v) is 3.28. The van der Waals surface area contributed by atoms with Crippen LogP contribution in [0.5, 0.6) is 5.75 Å².